The topological polar surface area (TPSA) is 6.48 Å². The van der Waals surface area contributed by atoms with Crippen LogP contribution in [0.1, 0.15) is 33.4 Å². The maximum absolute atomic E-state index is 2.48. The predicted octanol–water partition coefficient (Wildman–Crippen LogP) is 15.1. The Morgan fingerprint density at radius 2 is 0.864 bits per heavy atom. The maximum atomic E-state index is 2.48. The van der Waals surface area contributed by atoms with E-state index >= 15 is 0 Å². The zero-order valence-corrected chi connectivity index (χ0v) is 32.3. The Labute approximate surface area is 345 Å². The van der Waals surface area contributed by atoms with Crippen LogP contribution in [0.3, 0.4) is 0 Å². The van der Waals surface area contributed by atoms with E-state index in [1.807, 2.05) is 0 Å². The molecule has 0 atom stereocenters. The third-order valence-corrected chi connectivity index (χ3v) is 12.6. The summed E-state index contributed by atoms with van der Waals surface area (Å²) in [5.74, 6) is 0. The predicted molar refractivity (Wildman–Crippen MR) is 246 cm³/mol. The highest BCUT2D eigenvalue weighted by molar-refractivity contribution is 6.05. The fourth-order valence-electron chi connectivity index (χ4n) is 10.3. The molecule has 276 valence electrons. The molecule has 59 heavy (non-hydrogen) atoms. The zero-order chi connectivity index (χ0) is 38.9. The van der Waals surface area contributed by atoms with E-state index in [4.69, 9.17) is 0 Å². The van der Waals surface area contributed by atoms with E-state index in [2.05, 4.69) is 240 Å². The van der Waals surface area contributed by atoms with Gasteiger partial charge in [-0.1, -0.05) is 176 Å². The lowest BCUT2D eigenvalue weighted by molar-refractivity contribution is 0.766. The molecular formula is C57H38N2. The number of para-hydroxylation sites is 4. The van der Waals surface area contributed by atoms with Gasteiger partial charge in [-0.05, 0) is 105 Å². The smallest absolute Gasteiger partial charge is 0.0725 e. The van der Waals surface area contributed by atoms with Gasteiger partial charge < -0.3 is 9.80 Å². The highest BCUT2D eigenvalue weighted by Crippen LogP contribution is 2.61. The average Bonchev–Trinajstić information content (AvgIpc) is 3.43. The molecule has 0 amide bonds. The SMILES string of the molecule is C1=Cc2ccccc2C2(c3ccccc31)c1ccccc1-c1c(N(c3ccccc3)c3ccc4c(c3)-c3ccccc3N(c3ccccc3)c3ccccc3-4)cccc12. The minimum atomic E-state index is -0.516. The first-order chi connectivity index (χ1) is 29.3. The van der Waals surface area contributed by atoms with E-state index in [-0.39, 0.29) is 0 Å². The summed E-state index contributed by atoms with van der Waals surface area (Å²) in [7, 11) is 0. The Kier molecular flexibility index (Phi) is 7.48. The summed E-state index contributed by atoms with van der Waals surface area (Å²) in [6, 6.07) is 80.4. The molecule has 12 rings (SSSR count). The second-order valence-electron chi connectivity index (χ2n) is 15.6. The molecule has 0 saturated carbocycles. The van der Waals surface area contributed by atoms with Crippen LogP contribution in [0.5, 0.6) is 0 Å². The molecule has 1 spiro atoms. The van der Waals surface area contributed by atoms with Crippen molar-refractivity contribution in [1.82, 2.24) is 0 Å². The van der Waals surface area contributed by atoms with Crippen molar-refractivity contribution in [3.05, 3.63) is 252 Å². The van der Waals surface area contributed by atoms with Crippen LogP contribution in [-0.2, 0) is 5.41 Å². The number of fused-ring (bicyclic) bond motifs is 14. The summed E-state index contributed by atoms with van der Waals surface area (Å²) in [6.45, 7) is 0. The Morgan fingerprint density at radius 3 is 1.54 bits per heavy atom. The molecule has 0 fully saturated rings. The standard InChI is InChI=1S/C57H38N2/c1-3-20-41(21-4-1)58(43-36-37-44-45-24-10-15-31-53(45)59(42-22-5-2-6-23-42)54-32-16-11-25-46(54)48(44)38-43)55-33-17-30-52-56(55)47-26-9-14-29-51(47)57(52)49-27-12-7-18-39(49)34-35-40-19-8-13-28-50(40)57/h1-38H. The summed E-state index contributed by atoms with van der Waals surface area (Å²) < 4.78 is 0. The summed E-state index contributed by atoms with van der Waals surface area (Å²) in [6.07, 6.45) is 4.60. The van der Waals surface area contributed by atoms with E-state index in [0.29, 0.717) is 0 Å². The Balaban J connectivity index is 1.14. The molecule has 1 heterocycles. The monoisotopic (exact) mass is 750 g/mol. The lowest BCUT2D eigenvalue weighted by atomic mass is 9.66. The molecule has 0 saturated heterocycles. The van der Waals surface area contributed by atoms with E-state index in [1.165, 1.54) is 72.4 Å². The lowest BCUT2D eigenvalue weighted by Gasteiger charge is -2.35. The van der Waals surface area contributed by atoms with Gasteiger partial charge in [-0.25, -0.2) is 0 Å². The van der Waals surface area contributed by atoms with Gasteiger partial charge in [0.1, 0.15) is 0 Å². The van der Waals surface area contributed by atoms with Crippen molar-refractivity contribution >= 4 is 46.3 Å². The molecule has 0 aromatic heterocycles. The van der Waals surface area contributed by atoms with Crippen LogP contribution in [0.2, 0.25) is 0 Å². The van der Waals surface area contributed by atoms with Gasteiger partial charge in [-0.15, -0.1) is 0 Å². The maximum Gasteiger partial charge on any atom is 0.0725 e. The average molecular weight is 751 g/mol. The Bertz CT molecular complexity index is 3070. The van der Waals surface area contributed by atoms with Gasteiger partial charge in [0.2, 0.25) is 0 Å². The quantitative estimate of drug-likeness (QED) is 0.177. The van der Waals surface area contributed by atoms with Crippen molar-refractivity contribution in [3.63, 3.8) is 0 Å². The van der Waals surface area contributed by atoms with Gasteiger partial charge in [0.05, 0.1) is 22.5 Å². The van der Waals surface area contributed by atoms with Crippen molar-refractivity contribution in [2.45, 2.75) is 5.41 Å². The van der Waals surface area contributed by atoms with Crippen molar-refractivity contribution < 1.29 is 0 Å². The molecule has 1 aliphatic heterocycles. The van der Waals surface area contributed by atoms with Crippen molar-refractivity contribution in [2.24, 2.45) is 0 Å². The molecule has 9 aromatic rings. The molecule has 0 radical (unpaired) electrons. The molecular weight excluding hydrogens is 713 g/mol. The van der Waals surface area contributed by atoms with Crippen molar-refractivity contribution in [1.29, 1.82) is 0 Å². The van der Waals surface area contributed by atoms with Gasteiger partial charge >= 0.3 is 0 Å². The van der Waals surface area contributed by atoms with Gasteiger partial charge in [0.25, 0.3) is 0 Å². The van der Waals surface area contributed by atoms with Crippen molar-refractivity contribution in [3.8, 4) is 33.4 Å². The third-order valence-electron chi connectivity index (χ3n) is 12.6. The normalized spacial score (nSPS) is 13.5. The highest BCUT2D eigenvalue weighted by atomic mass is 15.2. The van der Waals surface area contributed by atoms with Crippen LogP contribution >= 0.6 is 0 Å². The summed E-state index contributed by atoms with van der Waals surface area (Å²) in [4.78, 5) is 4.90. The molecule has 2 nitrogen and oxygen atoms in total. The van der Waals surface area contributed by atoms with Crippen LogP contribution < -0.4 is 9.80 Å². The molecule has 9 aromatic carbocycles. The number of anilines is 6. The number of nitrogens with zero attached hydrogens (tertiary/aromatic N) is 2. The molecule has 2 aliphatic carbocycles. The second-order valence-corrected chi connectivity index (χ2v) is 15.6. The zero-order valence-electron chi connectivity index (χ0n) is 32.3. The van der Waals surface area contributed by atoms with Crippen LogP contribution in [0, 0.1) is 0 Å². The van der Waals surface area contributed by atoms with Crippen LogP contribution in [0.25, 0.3) is 45.5 Å². The highest BCUT2D eigenvalue weighted by Gasteiger charge is 2.49. The fourth-order valence-corrected chi connectivity index (χ4v) is 10.3. The van der Waals surface area contributed by atoms with Gasteiger partial charge in [0.15, 0.2) is 0 Å². The molecule has 0 unspecified atom stereocenters. The molecule has 3 aliphatic rings. The van der Waals surface area contributed by atoms with E-state index in [1.54, 1.807) is 0 Å². The number of hydrogen-bond donors (Lipinski definition) is 0. The fraction of sp³-hybridized carbons (Fsp3) is 0.0175. The van der Waals surface area contributed by atoms with E-state index in [9.17, 15) is 0 Å². The van der Waals surface area contributed by atoms with Crippen LogP contribution in [0.15, 0.2) is 218 Å². The van der Waals surface area contributed by atoms with Crippen molar-refractivity contribution in [2.75, 3.05) is 9.80 Å². The Morgan fingerprint density at radius 1 is 0.339 bits per heavy atom. The number of rotatable bonds is 4. The largest absolute Gasteiger partial charge is 0.310 e. The number of benzene rings is 9. The van der Waals surface area contributed by atoms with Crippen LogP contribution in [-0.4, -0.2) is 0 Å². The lowest BCUT2D eigenvalue weighted by Crippen LogP contribution is -2.30. The first-order valence-corrected chi connectivity index (χ1v) is 20.4. The van der Waals surface area contributed by atoms with E-state index in [0.717, 1.165) is 28.4 Å². The first-order valence-electron chi connectivity index (χ1n) is 20.4. The van der Waals surface area contributed by atoms with E-state index < -0.39 is 5.41 Å². The number of hydrogen-bond acceptors (Lipinski definition) is 2. The summed E-state index contributed by atoms with van der Waals surface area (Å²) >= 11 is 0. The first kappa shape index (κ1) is 33.5. The Hall–Kier alpha value is -7.68. The van der Waals surface area contributed by atoms with Crippen LogP contribution in [0.4, 0.5) is 34.1 Å². The molecule has 0 N–H and O–H groups in total. The second kappa shape index (κ2) is 13.2. The minimum absolute atomic E-state index is 0.516. The summed E-state index contributed by atoms with van der Waals surface area (Å²) in [5.41, 5.74) is 21.3. The minimum Gasteiger partial charge on any atom is -0.310 e. The molecule has 0 bridgehead atoms. The van der Waals surface area contributed by atoms with Gasteiger partial charge in [-0.3, -0.25) is 0 Å². The molecule has 2 heteroatoms. The summed E-state index contributed by atoms with van der Waals surface area (Å²) in [5, 5.41) is 0. The van der Waals surface area contributed by atoms with Gasteiger partial charge in [0, 0.05) is 33.8 Å². The van der Waals surface area contributed by atoms with Gasteiger partial charge in [-0.2, -0.15) is 0 Å². The third kappa shape index (κ3) is 4.87.